The lowest BCUT2D eigenvalue weighted by Crippen LogP contribution is -2.38. The van der Waals surface area contributed by atoms with Crippen molar-refractivity contribution in [2.45, 2.75) is 51.4 Å². The highest BCUT2D eigenvalue weighted by Gasteiger charge is 2.43. The third kappa shape index (κ3) is 2.95. The zero-order valence-corrected chi connectivity index (χ0v) is 11.3. The van der Waals surface area contributed by atoms with Crippen molar-refractivity contribution in [2.24, 2.45) is 11.8 Å². The van der Waals surface area contributed by atoms with Gasteiger partial charge in [-0.25, -0.2) is 4.79 Å². The first-order valence-corrected chi connectivity index (χ1v) is 6.60. The number of aliphatic hydroxyl groups is 2. The monoisotopic (exact) mass is 257 g/mol. The number of rotatable bonds is 0. The Bertz CT molecular complexity index is 307. The molecule has 0 aromatic carbocycles. The quantitative estimate of drug-likeness (QED) is 0.679. The molecule has 0 bridgehead atoms. The summed E-state index contributed by atoms with van der Waals surface area (Å²) in [4.78, 5) is 13.6. The van der Waals surface area contributed by atoms with E-state index in [9.17, 15) is 15.0 Å². The van der Waals surface area contributed by atoms with Crippen molar-refractivity contribution in [3.8, 4) is 0 Å². The standard InChI is InChI=1S/C13H23NO4/c1-13(2,3)18-12(17)14-6-8-4-10(15)11(16)5-9(8)7-14/h8-11,15-16H,4-7H2,1-3H3/t8-,9+,10+,11-. The maximum Gasteiger partial charge on any atom is 0.410 e. The van der Waals surface area contributed by atoms with E-state index < -0.39 is 17.8 Å². The zero-order chi connectivity index (χ0) is 13.5. The van der Waals surface area contributed by atoms with Gasteiger partial charge < -0.3 is 19.8 Å². The second-order valence-corrected chi connectivity index (χ2v) is 6.51. The van der Waals surface area contributed by atoms with Crippen LogP contribution < -0.4 is 0 Å². The first-order chi connectivity index (χ1) is 8.26. The van der Waals surface area contributed by atoms with Crippen LogP contribution in [0.5, 0.6) is 0 Å². The first-order valence-electron chi connectivity index (χ1n) is 6.60. The minimum atomic E-state index is -0.648. The van der Waals surface area contributed by atoms with Crippen molar-refractivity contribution >= 4 is 6.09 Å². The Kier molecular flexibility index (Phi) is 3.56. The van der Waals surface area contributed by atoms with Crippen LogP contribution in [0.25, 0.3) is 0 Å². The van der Waals surface area contributed by atoms with E-state index in [1.165, 1.54) is 0 Å². The van der Waals surface area contributed by atoms with Crippen LogP contribution in [0.4, 0.5) is 4.79 Å². The third-order valence-electron chi connectivity index (χ3n) is 3.76. The van der Waals surface area contributed by atoms with Gasteiger partial charge in [-0.3, -0.25) is 0 Å². The normalized spacial score (nSPS) is 36.4. The van der Waals surface area contributed by atoms with Crippen molar-refractivity contribution in [3.05, 3.63) is 0 Å². The van der Waals surface area contributed by atoms with E-state index in [1.54, 1.807) is 4.90 Å². The fourth-order valence-electron chi connectivity index (χ4n) is 2.88. The van der Waals surface area contributed by atoms with Gasteiger partial charge in [-0.15, -0.1) is 0 Å². The number of aliphatic hydroxyl groups excluding tert-OH is 2. The lowest BCUT2D eigenvalue weighted by molar-refractivity contribution is -0.0372. The number of hydrogen-bond donors (Lipinski definition) is 2. The molecule has 1 aliphatic carbocycles. The number of likely N-dealkylation sites (tertiary alicyclic amines) is 1. The van der Waals surface area contributed by atoms with Crippen molar-refractivity contribution in [2.75, 3.05) is 13.1 Å². The molecule has 4 atom stereocenters. The number of fused-ring (bicyclic) bond motifs is 1. The Morgan fingerprint density at radius 3 is 1.94 bits per heavy atom. The lowest BCUT2D eigenvalue weighted by Gasteiger charge is -2.31. The molecular formula is C13H23NO4. The molecule has 0 unspecified atom stereocenters. The molecule has 2 fully saturated rings. The van der Waals surface area contributed by atoms with Crippen molar-refractivity contribution in [1.82, 2.24) is 4.90 Å². The van der Waals surface area contributed by atoms with Gasteiger partial charge in [0.05, 0.1) is 12.2 Å². The number of carbonyl (C=O) groups is 1. The van der Waals surface area contributed by atoms with Gasteiger partial charge in [0.2, 0.25) is 0 Å². The fraction of sp³-hybridized carbons (Fsp3) is 0.923. The highest BCUT2D eigenvalue weighted by Crippen LogP contribution is 2.36. The summed E-state index contributed by atoms with van der Waals surface area (Å²) in [7, 11) is 0. The SMILES string of the molecule is CC(C)(C)OC(=O)N1C[C@H]2C[C@H](O)[C@H](O)C[C@H]2C1. The molecule has 5 nitrogen and oxygen atoms in total. The molecule has 0 radical (unpaired) electrons. The second kappa shape index (κ2) is 4.70. The highest BCUT2D eigenvalue weighted by molar-refractivity contribution is 5.68. The van der Waals surface area contributed by atoms with Crippen molar-refractivity contribution in [3.63, 3.8) is 0 Å². The molecule has 1 saturated carbocycles. The Labute approximate surface area is 108 Å². The van der Waals surface area contributed by atoms with Crippen LogP contribution in [0.3, 0.4) is 0 Å². The average Bonchev–Trinajstić information content (AvgIpc) is 2.59. The van der Waals surface area contributed by atoms with Gasteiger partial charge in [-0.2, -0.15) is 0 Å². The minimum absolute atomic E-state index is 0.288. The van der Waals surface area contributed by atoms with Gasteiger partial charge >= 0.3 is 6.09 Å². The molecule has 1 heterocycles. The molecule has 2 rings (SSSR count). The highest BCUT2D eigenvalue weighted by atomic mass is 16.6. The largest absolute Gasteiger partial charge is 0.444 e. The van der Waals surface area contributed by atoms with Crippen LogP contribution >= 0.6 is 0 Å². The molecule has 2 N–H and O–H groups in total. The van der Waals surface area contributed by atoms with Gasteiger partial charge in [0.1, 0.15) is 5.60 Å². The van der Waals surface area contributed by atoms with Crippen molar-refractivity contribution in [1.29, 1.82) is 0 Å². The molecule has 0 spiro atoms. The predicted octanol–water partition coefficient (Wildman–Crippen LogP) is 0.985. The van der Waals surface area contributed by atoms with Crippen LogP contribution in [-0.2, 0) is 4.74 Å². The summed E-state index contributed by atoms with van der Waals surface area (Å²) in [6.45, 7) is 6.80. The summed E-state index contributed by atoms with van der Waals surface area (Å²) in [6, 6.07) is 0. The van der Waals surface area contributed by atoms with E-state index in [0.717, 1.165) is 0 Å². The summed E-state index contributed by atoms with van der Waals surface area (Å²) < 4.78 is 5.34. The van der Waals surface area contributed by atoms with Gasteiger partial charge in [0.25, 0.3) is 0 Å². The fourth-order valence-corrected chi connectivity index (χ4v) is 2.88. The maximum atomic E-state index is 11.9. The molecule has 1 aliphatic heterocycles. The first kappa shape index (κ1) is 13.6. The predicted molar refractivity (Wildman–Crippen MR) is 66.0 cm³/mol. The summed E-state index contributed by atoms with van der Waals surface area (Å²) in [6.07, 6.45) is -0.438. The molecule has 1 amide bonds. The molecule has 18 heavy (non-hydrogen) atoms. The van der Waals surface area contributed by atoms with Crippen LogP contribution in [0.1, 0.15) is 33.6 Å². The molecule has 1 saturated heterocycles. The number of hydrogen-bond acceptors (Lipinski definition) is 4. The van der Waals surface area contributed by atoms with Crippen LogP contribution in [-0.4, -0.2) is 52.1 Å². The molecule has 5 heteroatoms. The number of amides is 1. The molecular weight excluding hydrogens is 234 g/mol. The van der Waals surface area contributed by atoms with Gasteiger partial charge in [-0.05, 0) is 45.4 Å². The van der Waals surface area contributed by atoms with Crippen LogP contribution in [0, 0.1) is 11.8 Å². The lowest BCUT2D eigenvalue weighted by atomic mass is 9.79. The number of carbonyl (C=O) groups excluding carboxylic acids is 1. The smallest absolute Gasteiger partial charge is 0.410 e. The topological polar surface area (TPSA) is 70.0 Å². The van der Waals surface area contributed by atoms with E-state index in [-0.39, 0.29) is 17.9 Å². The van der Waals surface area contributed by atoms with E-state index in [4.69, 9.17) is 4.74 Å². The van der Waals surface area contributed by atoms with Crippen LogP contribution in [0.2, 0.25) is 0 Å². The Hall–Kier alpha value is -0.810. The Morgan fingerprint density at radius 1 is 1.11 bits per heavy atom. The number of nitrogens with zero attached hydrogens (tertiary/aromatic N) is 1. The zero-order valence-electron chi connectivity index (χ0n) is 11.3. The van der Waals surface area contributed by atoms with Gasteiger partial charge in [0, 0.05) is 13.1 Å². The average molecular weight is 257 g/mol. The molecule has 2 aliphatic rings. The van der Waals surface area contributed by atoms with E-state index >= 15 is 0 Å². The second-order valence-electron chi connectivity index (χ2n) is 6.51. The summed E-state index contributed by atoms with van der Waals surface area (Å²) >= 11 is 0. The van der Waals surface area contributed by atoms with E-state index in [0.29, 0.717) is 25.9 Å². The van der Waals surface area contributed by atoms with Gasteiger partial charge in [-0.1, -0.05) is 0 Å². The summed E-state index contributed by atoms with van der Waals surface area (Å²) in [5.41, 5.74) is -0.482. The van der Waals surface area contributed by atoms with Gasteiger partial charge in [0.15, 0.2) is 0 Å². The van der Waals surface area contributed by atoms with Crippen molar-refractivity contribution < 1.29 is 19.7 Å². The molecule has 104 valence electrons. The third-order valence-corrected chi connectivity index (χ3v) is 3.76. The maximum absolute atomic E-state index is 11.9. The summed E-state index contributed by atoms with van der Waals surface area (Å²) in [5, 5.41) is 19.3. The molecule has 0 aromatic rings. The van der Waals surface area contributed by atoms with E-state index in [1.807, 2.05) is 20.8 Å². The number of ether oxygens (including phenoxy) is 1. The molecule has 0 aromatic heterocycles. The minimum Gasteiger partial charge on any atom is -0.444 e. The van der Waals surface area contributed by atoms with E-state index in [2.05, 4.69) is 0 Å². The Morgan fingerprint density at radius 2 is 1.56 bits per heavy atom. The Balaban J connectivity index is 1.94. The van der Waals surface area contributed by atoms with Crippen LogP contribution in [0.15, 0.2) is 0 Å². The summed E-state index contributed by atoms with van der Waals surface area (Å²) in [5.74, 6) is 0.576.